The molecule has 114 valence electrons. The molecule has 1 saturated heterocycles. The molecule has 1 aliphatic rings. The van der Waals surface area contributed by atoms with Crippen molar-refractivity contribution in [3.63, 3.8) is 0 Å². The average molecular weight is 290 g/mol. The summed E-state index contributed by atoms with van der Waals surface area (Å²) in [7, 11) is 4.24. The summed E-state index contributed by atoms with van der Waals surface area (Å²) in [6.45, 7) is 2.75. The first-order valence-corrected chi connectivity index (χ1v) is 7.36. The van der Waals surface area contributed by atoms with E-state index in [1.165, 1.54) is 6.07 Å². The minimum absolute atomic E-state index is 0.207. The Balaban J connectivity index is 2.03. The third kappa shape index (κ3) is 4.82. The van der Waals surface area contributed by atoms with Crippen molar-refractivity contribution in [2.75, 3.05) is 33.8 Å². The lowest BCUT2D eigenvalue weighted by atomic mass is 10.0. The second kappa shape index (κ2) is 7.56. The number of benzene rings is 1. The van der Waals surface area contributed by atoms with Gasteiger partial charge in [0, 0.05) is 18.2 Å². The van der Waals surface area contributed by atoms with E-state index in [2.05, 4.69) is 35.7 Å². The topological polar surface area (TPSA) is 26.7 Å². The first-order chi connectivity index (χ1) is 10.1. The summed E-state index contributed by atoms with van der Waals surface area (Å²) >= 11 is 0. The van der Waals surface area contributed by atoms with E-state index in [0.29, 0.717) is 11.6 Å². The molecule has 1 fully saturated rings. The lowest BCUT2D eigenvalue weighted by Gasteiger charge is -2.35. The fraction of sp³-hybridized carbons (Fsp3) is 0.529. The third-order valence-corrected chi connectivity index (χ3v) is 4.01. The summed E-state index contributed by atoms with van der Waals surface area (Å²) in [5.41, 5.74) is 1.55. The van der Waals surface area contributed by atoms with Crippen LogP contribution in [0.1, 0.15) is 24.0 Å². The number of hydrogen-bond acceptors (Lipinski definition) is 3. The lowest BCUT2D eigenvalue weighted by Crippen LogP contribution is -2.41. The Labute approximate surface area is 126 Å². The van der Waals surface area contributed by atoms with Gasteiger partial charge in [-0.15, -0.1) is 0 Å². The van der Waals surface area contributed by atoms with Crippen LogP contribution >= 0.6 is 0 Å². The number of hydrogen-bond donors (Lipinski definition) is 1. The molecule has 0 unspecified atom stereocenters. The Bertz CT molecular complexity index is 527. The predicted molar refractivity (Wildman–Crippen MR) is 82.3 cm³/mol. The van der Waals surface area contributed by atoms with Crippen LogP contribution in [0.25, 0.3) is 0 Å². The van der Waals surface area contributed by atoms with Crippen LogP contribution < -0.4 is 0 Å². The molecule has 0 bridgehead atoms. The summed E-state index contributed by atoms with van der Waals surface area (Å²) in [4.78, 5) is 4.64. The SMILES string of the molecule is CN1CCC(N(C)Cc2cc(F)cc(C#CCO)c2)CC1. The molecule has 4 heteroatoms. The molecule has 21 heavy (non-hydrogen) atoms. The van der Waals surface area contributed by atoms with E-state index < -0.39 is 0 Å². The van der Waals surface area contributed by atoms with E-state index >= 15 is 0 Å². The predicted octanol–water partition coefficient (Wildman–Crippen LogP) is 1.70. The van der Waals surface area contributed by atoms with Crippen molar-refractivity contribution in [1.29, 1.82) is 0 Å². The standard InChI is InChI=1S/C17H23FN2O/c1-19-7-5-17(6-8-19)20(2)13-15-10-14(4-3-9-21)11-16(18)12-15/h10-12,17,21H,5-9,13H2,1-2H3. The zero-order valence-electron chi connectivity index (χ0n) is 12.8. The summed E-state index contributed by atoms with van der Waals surface area (Å²) in [5.74, 6) is 5.06. The molecule has 0 amide bonds. The normalized spacial score (nSPS) is 16.8. The van der Waals surface area contributed by atoms with Gasteiger partial charge in [-0.1, -0.05) is 11.8 Å². The quantitative estimate of drug-likeness (QED) is 0.858. The second-order valence-electron chi connectivity index (χ2n) is 5.76. The molecule has 0 spiro atoms. The van der Waals surface area contributed by atoms with Gasteiger partial charge in [0.05, 0.1) is 0 Å². The minimum Gasteiger partial charge on any atom is -0.384 e. The van der Waals surface area contributed by atoms with Gasteiger partial charge in [-0.25, -0.2) is 4.39 Å². The molecule has 1 aliphatic heterocycles. The minimum atomic E-state index is -0.272. The number of rotatable bonds is 3. The fourth-order valence-corrected chi connectivity index (χ4v) is 2.81. The Morgan fingerprint density at radius 1 is 1.33 bits per heavy atom. The van der Waals surface area contributed by atoms with Crippen molar-refractivity contribution in [2.45, 2.75) is 25.4 Å². The molecular weight excluding hydrogens is 267 g/mol. The van der Waals surface area contributed by atoms with Crippen molar-refractivity contribution >= 4 is 0 Å². The molecule has 3 nitrogen and oxygen atoms in total. The van der Waals surface area contributed by atoms with Crippen molar-refractivity contribution in [3.8, 4) is 11.8 Å². The van der Waals surface area contributed by atoms with Gasteiger partial charge in [0.2, 0.25) is 0 Å². The number of piperidine rings is 1. The van der Waals surface area contributed by atoms with Gasteiger partial charge in [-0.3, -0.25) is 4.90 Å². The molecule has 1 N–H and O–H groups in total. The highest BCUT2D eigenvalue weighted by Gasteiger charge is 2.20. The Kier molecular flexibility index (Phi) is 5.75. The number of nitrogens with zero attached hydrogens (tertiary/aromatic N) is 2. The van der Waals surface area contributed by atoms with Gasteiger partial charge in [-0.2, -0.15) is 0 Å². The molecule has 0 radical (unpaired) electrons. The summed E-state index contributed by atoms with van der Waals surface area (Å²) in [6, 6.07) is 5.42. The van der Waals surface area contributed by atoms with Crippen LogP contribution in [-0.2, 0) is 6.54 Å². The Morgan fingerprint density at radius 3 is 2.71 bits per heavy atom. The zero-order chi connectivity index (χ0) is 15.2. The van der Waals surface area contributed by atoms with Crippen LogP contribution in [0.2, 0.25) is 0 Å². The van der Waals surface area contributed by atoms with Crippen LogP contribution in [0.5, 0.6) is 0 Å². The fourth-order valence-electron chi connectivity index (χ4n) is 2.81. The van der Waals surface area contributed by atoms with Crippen molar-refractivity contribution in [1.82, 2.24) is 9.80 Å². The van der Waals surface area contributed by atoms with Gasteiger partial charge in [0.25, 0.3) is 0 Å². The molecule has 0 saturated carbocycles. The van der Waals surface area contributed by atoms with Gasteiger partial charge in [0.1, 0.15) is 12.4 Å². The average Bonchev–Trinajstić information content (AvgIpc) is 2.45. The number of likely N-dealkylation sites (tertiary alicyclic amines) is 1. The zero-order valence-corrected chi connectivity index (χ0v) is 12.8. The molecule has 2 rings (SSSR count). The summed E-state index contributed by atoms with van der Waals surface area (Å²) in [6.07, 6.45) is 2.30. The molecule has 0 aliphatic carbocycles. The van der Waals surface area contributed by atoms with Crippen LogP contribution in [0.15, 0.2) is 18.2 Å². The van der Waals surface area contributed by atoms with Crippen molar-refractivity contribution in [2.24, 2.45) is 0 Å². The number of aliphatic hydroxyl groups excluding tert-OH is 1. The summed E-state index contributed by atoms with van der Waals surface area (Å²) in [5, 5.41) is 8.72. The highest BCUT2D eigenvalue weighted by Crippen LogP contribution is 2.17. The smallest absolute Gasteiger partial charge is 0.124 e. The van der Waals surface area contributed by atoms with Crippen LogP contribution in [0, 0.1) is 17.7 Å². The van der Waals surface area contributed by atoms with Gasteiger partial charge in [0.15, 0.2) is 0 Å². The van der Waals surface area contributed by atoms with E-state index in [9.17, 15) is 4.39 Å². The van der Waals surface area contributed by atoms with E-state index in [1.54, 1.807) is 6.07 Å². The van der Waals surface area contributed by atoms with E-state index in [4.69, 9.17) is 5.11 Å². The molecule has 0 atom stereocenters. The highest BCUT2D eigenvalue weighted by atomic mass is 19.1. The van der Waals surface area contributed by atoms with Crippen molar-refractivity contribution < 1.29 is 9.50 Å². The summed E-state index contributed by atoms with van der Waals surface area (Å²) < 4.78 is 13.6. The number of halogens is 1. The number of aliphatic hydroxyl groups is 1. The van der Waals surface area contributed by atoms with Crippen LogP contribution in [-0.4, -0.2) is 54.7 Å². The van der Waals surface area contributed by atoms with E-state index in [0.717, 1.165) is 38.0 Å². The highest BCUT2D eigenvalue weighted by molar-refractivity contribution is 5.37. The van der Waals surface area contributed by atoms with Crippen molar-refractivity contribution in [3.05, 3.63) is 35.1 Å². The maximum Gasteiger partial charge on any atom is 0.124 e. The van der Waals surface area contributed by atoms with E-state index in [-0.39, 0.29) is 12.4 Å². The van der Waals surface area contributed by atoms with Gasteiger partial charge in [-0.05, 0) is 63.8 Å². The molecule has 0 aromatic heterocycles. The first-order valence-electron chi connectivity index (χ1n) is 7.36. The maximum atomic E-state index is 13.6. The van der Waals surface area contributed by atoms with Gasteiger partial charge >= 0.3 is 0 Å². The second-order valence-corrected chi connectivity index (χ2v) is 5.76. The van der Waals surface area contributed by atoms with Crippen LogP contribution in [0.3, 0.4) is 0 Å². The first kappa shape index (κ1) is 16.0. The molecular formula is C17H23FN2O. The van der Waals surface area contributed by atoms with E-state index in [1.807, 2.05) is 6.07 Å². The largest absolute Gasteiger partial charge is 0.384 e. The monoisotopic (exact) mass is 290 g/mol. The lowest BCUT2D eigenvalue weighted by molar-refractivity contribution is 0.139. The van der Waals surface area contributed by atoms with Gasteiger partial charge < -0.3 is 10.0 Å². The molecule has 1 aromatic rings. The maximum absolute atomic E-state index is 13.6. The van der Waals surface area contributed by atoms with Crippen LogP contribution in [0.4, 0.5) is 4.39 Å². The Morgan fingerprint density at radius 2 is 2.05 bits per heavy atom. The third-order valence-electron chi connectivity index (χ3n) is 4.01. The molecule has 1 aromatic carbocycles. The molecule has 1 heterocycles. The Hall–Kier alpha value is -1.41.